The van der Waals surface area contributed by atoms with Crippen molar-refractivity contribution in [2.45, 2.75) is 56.3 Å². The lowest BCUT2D eigenvalue weighted by Gasteiger charge is -2.25. The number of carboxylic acids is 3. The van der Waals surface area contributed by atoms with E-state index in [1.165, 1.54) is 24.3 Å². The molecular formula is C22H29N5O11. The maximum atomic E-state index is 13.1. The van der Waals surface area contributed by atoms with Crippen molar-refractivity contribution in [3.63, 3.8) is 0 Å². The molecule has 38 heavy (non-hydrogen) atoms. The van der Waals surface area contributed by atoms with Crippen LogP contribution in [-0.4, -0.2) is 86.1 Å². The van der Waals surface area contributed by atoms with Crippen LogP contribution in [0.5, 0.6) is 5.75 Å². The first kappa shape index (κ1) is 31.3. The summed E-state index contributed by atoms with van der Waals surface area (Å²) in [6.45, 7) is 0. The lowest BCUT2D eigenvalue weighted by atomic mass is 10.0. The molecule has 0 heterocycles. The molecule has 0 aliphatic heterocycles. The van der Waals surface area contributed by atoms with Crippen LogP contribution in [0.4, 0.5) is 0 Å². The molecule has 0 bridgehead atoms. The maximum absolute atomic E-state index is 13.1. The van der Waals surface area contributed by atoms with Crippen LogP contribution in [0.2, 0.25) is 0 Å². The van der Waals surface area contributed by atoms with Crippen molar-refractivity contribution in [2.75, 3.05) is 0 Å². The highest BCUT2D eigenvalue weighted by Gasteiger charge is 2.31. The van der Waals surface area contributed by atoms with Crippen molar-refractivity contribution < 1.29 is 54.0 Å². The zero-order valence-corrected chi connectivity index (χ0v) is 20.0. The number of benzene rings is 1. The van der Waals surface area contributed by atoms with E-state index in [0.29, 0.717) is 5.56 Å². The quantitative estimate of drug-likeness (QED) is 0.102. The number of phenolic OH excluding ortho intramolecular Hbond substituents is 1. The first-order valence-corrected chi connectivity index (χ1v) is 11.1. The van der Waals surface area contributed by atoms with E-state index in [9.17, 15) is 43.8 Å². The SMILES string of the molecule is NC(=O)CC(NC(=O)C(CCC(=O)O)NC(=O)C(Cc1ccc(O)cc1)NC(=O)C(N)CC(=O)O)C(=O)O. The number of nitrogens with two attached hydrogens (primary N) is 2. The summed E-state index contributed by atoms with van der Waals surface area (Å²) in [4.78, 5) is 82.7. The molecule has 0 saturated heterocycles. The molecule has 11 N–H and O–H groups in total. The molecule has 1 aromatic carbocycles. The Morgan fingerprint density at radius 3 is 1.76 bits per heavy atom. The summed E-state index contributed by atoms with van der Waals surface area (Å²) in [5.41, 5.74) is 11.0. The Morgan fingerprint density at radius 2 is 1.26 bits per heavy atom. The normalized spacial score (nSPS) is 13.7. The largest absolute Gasteiger partial charge is 0.508 e. The van der Waals surface area contributed by atoms with Crippen LogP contribution in [0.3, 0.4) is 0 Å². The third-order valence-corrected chi connectivity index (χ3v) is 5.04. The predicted octanol–water partition coefficient (Wildman–Crippen LogP) is -2.98. The van der Waals surface area contributed by atoms with E-state index in [0.717, 1.165) is 0 Å². The molecular weight excluding hydrogens is 510 g/mol. The number of aliphatic carboxylic acids is 3. The van der Waals surface area contributed by atoms with E-state index in [4.69, 9.17) is 21.7 Å². The van der Waals surface area contributed by atoms with Crippen LogP contribution >= 0.6 is 0 Å². The number of hydrogen-bond donors (Lipinski definition) is 9. The highest BCUT2D eigenvalue weighted by molar-refractivity contribution is 5.95. The summed E-state index contributed by atoms with van der Waals surface area (Å²) in [5, 5.41) is 43.1. The third kappa shape index (κ3) is 11.3. The van der Waals surface area contributed by atoms with E-state index in [1.54, 1.807) is 0 Å². The minimum Gasteiger partial charge on any atom is -0.508 e. The Labute approximate surface area is 215 Å². The topological polar surface area (TPSA) is 289 Å². The minimum absolute atomic E-state index is 0.0865. The number of primary amides is 1. The monoisotopic (exact) mass is 539 g/mol. The molecule has 1 rings (SSSR count). The van der Waals surface area contributed by atoms with Crippen molar-refractivity contribution in [3.05, 3.63) is 29.8 Å². The fourth-order valence-corrected chi connectivity index (χ4v) is 3.12. The number of carbonyl (C=O) groups is 7. The van der Waals surface area contributed by atoms with E-state index in [1.807, 2.05) is 5.32 Å². The number of carbonyl (C=O) groups excluding carboxylic acids is 4. The molecule has 0 spiro atoms. The minimum atomic E-state index is -1.76. The van der Waals surface area contributed by atoms with Gasteiger partial charge in [0.1, 0.15) is 23.9 Å². The van der Waals surface area contributed by atoms with Crippen LogP contribution in [0.25, 0.3) is 0 Å². The number of aromatic hydroxyl groups is 1. The number of phenols is 1. The number of nitrogens with one attached hydrogen (secondary N) is 3. The zero-order valence-electron chi connectivity index (χ0n) is 20.0. The molecule has 0 aliphatic carbocycles. The summed E-state index contributed by atoms with van der Waals surface area (Å²) >= 11 is 0. The summed E-state index contributed by atoms with van der Waals surface area (Å²) in [7, 11) is 0. The number of rotatable bonds is 16. The van der Waals surface area contributed by atoms with Crippen LogP contribution in [0.15, 0.2) is 24.3 Å². The second kappa shape index (κ2) is 14.7. The van der Waals surface area contributed by atoms with Gasteiger partial charge in [0.15, 0.2) is 0 Å². The van der Waals surface area contributed by atoms with E-state index < -0.39 is 91.4 Å². The Hall–Kier alpha value is -4.73. The molecule has 208 valence electrons. The smallest absolute Gasteiger partial charge is 0.326 e. The van der Waals surface area contributed by atoms with Gasteiger partial charge in [-0.25, -0.2) is 4.79 Å². The summed E-state index contributed by atoms with van der Waals surface area (Å²) in [6, 6.07) is -0.895. The number of carboxylic acid groups (broad SMARTS) is 3. The van der Waals surface area contributed by atoms with E-state index in [2.05, 4.69) is 10.6 Å². The van der Waals surface area contributed by atoms with Gasteiger partial charge in [-0.15, -0.1) is 0 Å². The summed E-state index contributed by atoms with van der Waals surface area (Å²) in [6.07, 6.45) is -2.86. The van der Waals surface area contributed by atoms with Gasteiger partial charge >= 0.3 is 17.9 Å². The fraction of sp³-hybridized carbons (Fsp3) is 0.409. The van der Waals surface area contributed by atoms with E-state index in [-0.39, 0.29) is 12.2 Å². The second-order valence-corrected chi connectivity index (χ2v) is 8.20. The Balaban J connectivity index is 3.18. The maximum Gasteiger partial charge on any atom is 0.326 e. The van der Waals surface area contributed by atoms with Gasteiger partial charge in [0.05, 0.1) is 18.9 Å². The van der Waals surface area contributed by atoms with Crippen molar-refractivity contribution in [1.82, 2.24) is 16.0 Å². The first-order chi connectivity index (χ1) is 17.7. The van der Waals surface area contributed by atoms with Gasteiger partial charge in [-0.1, -0.05) is 12.1 Å². The zero-order chi connectivity index (χ0) is 29.0. The van der Waals surface area contributed by atoms with Crippen molar-refractivity contribution in [1.29, 1.82) is 0 Å². The number of amides is 4. The average Bonchev–Trinajstić information content (AvgIpc) is 2.80. The van der Waals surface area contributed by atoms with Gasteiger partial charge in [-0.3, -0.25) is 28.8 Å². The van der Waals surface area contributed by atoms with Crippen molar-refractivity contribution in [3.8, 4) is 5.75 Å². The Morgan fingerprint density at radius 1 is 0.737 bits per heavy atom. The standard InChI is InChI=1S/C22H29N5O11/c23-12(8-18(32)33)19(34)26-14(7-10-1-3-11(28)4-2-10)21(36)25-13(5-6-17(30)31)20(35)27-15(22(37)38)9-16(24)29/h1-4,12-15,28H,5-9,23H2,(H2,24,29)(H,25,36)(H,26,34)(H,27,35)(H,30,31)(H,32,33)(H,37,38). The molecule has 4 unspecified atom stereocenters. The molecule has 0 aliphatic rings. The van der Waals surface area contributed by atoms with Crippen LogP contribution < -0.4 is 27.4 Å². The van der Waals surface area contributed by atoms with Gasteiger partial charge in [-0.05, 0) is 24.1 Å². The molecule has 16 nitrogen and oxygen atoms in total. The van der Waals surface area contributed by atoms with Gasteiger partial charge in [0.25, 0.3) is 0 Å². The summed E-state index contributed by atoms with van der Waals surface area (Å²) < 4.78 is 0. The van der Waals surface area contributed by atoms with E-state index >= 15 is 0 Å². The highest BCUT2D eigenvalue weighted by atomic mass is 16.4. The third-order valence-electron chi connectivity index (χ3n) is 5.04. The summed E-state index contributed by atoms with van der Waals surface area (Å²) in [5.74, 6) is -8.60. The fourth-order valence-electron chi connectivity index (χ4n) is 3.12. The lowest BCUT2D eigenvalue weighted by molar-refractivity contribution is -0.144. The van der Waals surface area contributed by atoms with Crippen LogP contribution in [0.1, 0.15) is 31.2 Å². The predicted molar refractivity (Wildman–Crippen MR) is 126 cm³/mol. The molecule has 0 radical (unpaired) electrons. The molecule has 0 saturated carbocycles. The number of hydrogen-bond acceptors (Lipinski definition) is 9. The Bertz CT molecular complexity index is 1060. The lowest BCUT2D eigenvalue weighted by Crippen LogP contribution is -2.58. The molecule has 1 aromatic rings. The molecule has 16 heteroatoms. The second-order valence-electron chi connectivity index (χ2n) is 8.20. The van der Waals surface area contributed by atoms with Crippen LogP contribution in [0, 0.1) is 0 Å². The Kier molecular flexibility index (Phi) is 12.1. The van der Waals surface area contributed by atoms with Crippen molar-refractivity contribution >= 4 is 41.5 Å². The van der Waals surface area contributed by atoms with Gasteiger partial charge in [0.2, 0.25) is 23.6 Å². The first-order valence-electron chi connectivity index (χ1n) is 11.1. The molecule has 0 aromatic heterocycles. The molecule has 4 amide bonds. The average molecular weight is 539 g/mol. The van der Waals surface area contributed by atoms with Crippen molar-refractivity contribution in [2.24, 2.45) is 11.5 Å². The van der Waals surface area contributed by atoms with Gasteiger partial charge in [-0.2, -0.15) is 0 Å². The molecule has 4 atom stereocenters. The van der Waals surface area contributed by atoms with Crippen LogP contribution in [-0.2, 0) is 40.0 Å². The van der Waals surface area contributed by atoms with Gasteiger partial charge in [0, 0.05) is 12.8 Å². The highest BCUT2D eigenvalue weighted by Crippen LogP contribution is 2.12. The van der Waals surface area contributed by atoms with Gasteiger partial charge < -0.3 is 47.8 Å². The molecule has 0 fully saturated rings.